The Hall–Kier alpha value is -0.240. The van der Waals surface area contributed by atoms with Crippen LogP contribution in [0.4, 0.5) is 0 Å². The third kappa shape index (κ3) is 34.6. The quantitative estimate of drug-likeness (QED) is 0.0383. The lowest BCUT2D eigenvalue weighted by Gasteiger charge is -2.27. The van der Waals surface area contributed by atoms with Crippen LogP contribution >= 0.6 is 0 Å². The standard InChI is InChI=1S/C38H80N2O4/c1-5-7-9-11-13-15-17-19-21-23-25-27-29-39(30-28-26-24-22-20-18-16-14-12-10-8-6-2)31-32-40(34-36-44-42-4)33-35-43-38-37-41-3/h5-38H2,1-4H3. The van der Waals surface area contributed by atoms with Crippen molar-refractivity contribution in [2.24, 2.45) is 0 Å². The van der Waals surface area contributed by atoms with Crippen molar-refractivity contribution in [3.05, 3.63) is 0 Å². The average molecular weight is 629 g/mol. The molecule has 0 aliphatic carbocycles. The molecule has 266 valence electrons. The van der Waals surface area contributed by atoms with E-state index in [4.69, 9.17) is 19.2 Å². The number of ether oxygens (including phenoxy) is 2. The fraction of sp³-hybridized carbons (Fsp3) is 1.00. The van der Waals surface area contributed by atoms with E-state index in [0.29, 0.717) is 19.8 Å². The molecule has 0 heterocycles. The van der Waals surface area contributed by atoms with Crippen LogP contribution in [-0.4, -0.2) is 89.7 Å². The number of unbranched alkanes of at least 4 members (excludes halogenated alkanes) is 22. The zero-order chi connectivity index (χ0) is 32.0. The molecule has 0 aliphatic heterocycles. The van der Waals surface area contributed by atoms with Crippen molar-refractivity contribution >= 4 is 0 Å². The van der Waals surface area contributed by atoms with Gasteiger partial charge in [-0.2, -0.15) is 0 Å². The molecule has 0 aromatic carbocycles. The van der Waals surface area contributed by atoms with Crippen LogP contribution in [0.3, 0.4) is 0 Å². The summed E-state index contributed by atoms with van der Waals surface area (Å²) in [4.78, 5) is 15.2. The number of methoxy groups -OCH3 is 1. The predicted molar refractivity (Wildman–Crippen MR) is 191 cm³/mol. The Morgan fingerprint density at radius 2 is 0.705 bits per heavy atom. The Morgan fingerprint density at radius 1 is 0.341 bits per heavy atom. The first-order valence-electron chi connectivity index (χ1n) is 19.4. The summed E-state index contributed by atoms with van der Waals surface area (Å²) in [6, 6.07) is 0. The van der Waals surface area contributed by atoms with Crippen molar-refractivity contribution in [2.75, 3.05) is 79.9 Å². The molecular weight excluding hydrogens is 548 g/mol. The molecule has 0 rings (SSSR count). The topological polar surface area (TPSA) is 43.4 Å². The lowest BCUT2D eigenvalue weighted by atomic mass is 10.0. The van der Waals surface area contributed by atoms with Crippen molar-refractivity contribution in [3.63, 3.8) is 0 Å². The molecule has 0 atom stereocenters. The van der Waals surface area contributed by atoms with Crippen molar-refractivity contribution in [3.8, 4) is 0 Å². The highest BCUT2D eigenvalue weighted by molar-refractivity contribution is 4.65. The Bertz CT molecular complexity index is 483. The van der Waals surface area contributed by atoms with Crippen LogP contribution in [0.25, 0.3) is 0 Å². The zero-order valence-corrected chi connectivity index (χ0v) is 30.6. The summed E-state index contributed by atoms with van der Waals surface area (Å²) in [5.41, 5.74) is 0. The van der Waals surface area contributed by atoms with E-state index in [1.807, 2.05) is 0 Å². The van der Waals surface area contributed by atoms with Gasteiger partial charge in [-0.3, -0.25) is 4.90 Å². The summed E-state index contributed by atoms with van der Waals surface area (Å²) in [6.45, 7) is 13.7. The molecule has 0 saturated carbocycles. The molecular formula is C38H80N2O4. The lowest BCUT2D eigenvalue weighted by Crippen LogP contribution is -2.39. The van der Waals surface area contributed by atoms with Gasteiger partial charge in [-0.15, -0.1) is 0 Å². The van der Waals surface area contributed by atoms with E-state index in [2.05, 4.69) is 23.6 Å². The van der Waals surface area contributed by atoms with Crippen LogP contribution < -0.4 is 0 Å². The van der Waals surface area contributed by atoms with Crippen LogP contribution in [0.2, 0.25) is 0 Å². The number of rotatable bonds is 39. The Labute approximate surface area is 276 Å². The molecule has 0 amide bonds. The Balaban J connectivity index is 4.34. The van der Waals surface area contributed by atoms with E-state index < -0.39 is 0 Å². The van der Waals surface area contributed by atoms with E-state index in [1.165, 1.54) is 167 Å². The first-order valence-corrected chi connectivity index (χ1v) is 19.4. The van der Waals surface area contributed by atoms with Crippen molar-refractivity contribution in [1.29, 1.82) is 0 Å². The summed E-state index contributed by atoms with van der Waals surface area (Å²) in [6.07, 6.45) is 33.9. The smallest absolute Gasteiger partial charge is 0.0949 e. The van der Waals surface area contributed by atoms with E-state index in [-0.39, 0.29) is 0 Å². The lowest BCUT2D eigenvalue weighted by molar-refractivity contribution is -0.273. The molecule has 0 fully saturated rings. The Morgan fingerprint density at radius 3 is 1.09 bits per heavy atom. The molecule has 0 unspecified atom stereocenters. The summed E-state index contributed by atoms with van der Waals surface area (Å²) < 4.78 is 10.9. The maximum atomic E-state index is 5.76. The van der Waals surface area contributed by atoms with Crippen molar-refractivity contribution < 1.29 is 19.2 Å². The molecule has 44 heavy (non-hydrogen) atoms. The molecule has 6 heteroatoms. The van der Waals surface area contributed by atoms with E-state index >= 15 is 0 Å². The number of hydrogen-bond acceptors (Lipinski definition) is 6. The van der Waals surface area contributed by atoms with Crippen LogP contribution in [0.1, 0.15) is 168 Å². The fourth-order valence-electron chi connectivity index (χ4n) is 5.99. The molecule has 0 aliphatic rings. The number of hydrogen-bond donors (Lipinski definition) is 0. The van der Waals surface area contributed by atoms with Gasteiger partial charge in [0.05, 0.1) is 33.5 Å². The van der Waals surface area contributed by atoms with Gasteiger partial charge in [-0.05, 0) is 25.9 Å². The third-order valence-corrected chi connectivity index (χ3v) is 8.98. The van der Waals surface area contributed by atoms with Crippen molar-refractivity contribution in [1.82, 2.24) is 9.80 Å². The van der Waals surface area contributed by atoms with Gasteiger partial charge < -0.3 is 14.4 Å². The summed E-state index contributed by atoms with van der Waals surface area (Å²) in [7, 11) is 3.31. The van der Waals surface area contributed by atoms with E-state index in [0.717, 1.165) is 32.8 Å². The highest BCUT2D eigenvalue weighted by atomic mass is 17.2. The molecule has 6 nitrogen and oxygen atoms in total. The van der Waals surface area contributed by atoms with Gasteiger partial charge >= 0.3 is 0 Å². The highest BCUT2D eigenvalue weighted by Crippen LogP contribution is 2.14. The largest absolute Gasteiger partial charge is 0.382 e. The minimum atomic E-state index is 0.589. The third-order valence-electron chi connectivity index (χ3n) is 8.98. The zero-order valence-electron chi connectivity index (χ0n) is 30.6. The second-order valence-corrected chi connectivity index (χ2v) is 13.1. The van der Waals surface area contributed by atoms with Gasteiger partial charge in [0.2, 0.25) is 0 Å². The average Bonchev–Trinajstić information content (AvgIpc) is 3.03. The summed E-state index contributed by atoms with van der Waals surface area (Å²) in [5, 5.41) is 0. The van der Waals surface area contributed by atoms with E-state index in [1.54, 1.807) is 14.2 Å². The molecule has 0 bridgehead atoms. The van der Waals surface area contributed by atoms with Crippen LogP contribution in [0.5, 0.6) is 0 Å². The predicted octanol–water partition coefficient (Wildman–Crippen LogP) is 10.2. The van der Waals surface area contributed by atoms with Crippen LogP contribution in [0.15, 0.2) is 0 Å². The van der Waals surface area contributed by atoms with Crippen molar-refractivity contribution in [2.45, 2.75) is 168 Å². The Kier molecular flexibility index (Phi) is 38.7. The molecule has 0 spiro atoms. The molecule has 0 aromatic rings. The molecule has 0 aromatic heterocycles. The maximum Gasteiger partial charge on any atom is 0.0949 e. The fourth-order valence-corrected chi connectivity index (χ4v) is 5.99. The van der Waals surface area contributed by atoms with Gasteiger partial charge in [0.1, 0.15) is 0 Å². The highest BCUT2D eigenvalue weighted by Gasteiger charge is 2.10. The second-order valence-electron chi connectivity index (χ2n) is 13.1. The number of nitrogens with zero attached hydrogens (tertiary/aromatic N) is 2. The monoisotopic (exact) mass is 629 g/mol. The molecule has 0 N–H and O–H groups in total. The summed E-state index contributed by atoms with van der Waals surface area (Å²) in [5.74, 6) is 0. The molecule has 0 saturated heterocycles. The van der Waals surface area contributed by atoms with Gasteiger partial charge in [-0.25, -0.2) is 9.78 Å². The van der Waals surface area contributed by atoms with Gasteiger partial charge in [0.15, 0.2) is 0 Å². The minimum Gasteiger partial charge on any atom is -0.382 e. The minimum absolute atomic E-state index is 0.589. The van der Waals surface area contributed by atoms with Gasteiger partial charge in [0, 0.05) is 33.3 Å². The van der Waals surface area contributed by atoms with Gasteiger partial charge in [0.25, 0.3) is 0 Å². The van der Waals surface area contributed by atoms with Gasteiger partial charge in [-0.1, -0.05) is 155 Å². The first-order chi connectivity index (χ1) is 21.8. The van der Waals surface area contributed by atoms with E-state index in [9.17, 15) is 0 Å². The van der Waals surface area contributed by atoms with Crippen LogP contribution in [0, 0.1) is 0 Å². The summed E-state index contributed by atoms with van der Waals surface area (Å²) >= 11 is 0. The first kappa shape index (κ1) is 43.8. The SMILES string of the molecule is CCCCCCCCCCCCCCN(CCCCCCCCCCCCCC)CCN(CCOCCOC)CCOOC. The van der Waals surface area contributed by atoms with Crippen LogP contribution in [-0.2, 0) is 19.2 Å². The normalized spacial score (nSPS) is 11.9. The molecule has 0 radical (unpaired) electrons. The second kappa shape index (κ2) is 38.9. The maximum absolute atomic E-state index is 5.76.